The average Bonchev–Trinajstić information content (AvgIpc) is 3.72. The maximum atomic E-state index is 13.7. The van der Waals surface area contributed by atoms with Crippen LogP contribution in [-0.2, 0) is 44.0 Å². The molecule has 312 valence electrons. The van der Waals surface area contributed by atoms with E-state index in [1.54, 1.807) is 31.2 Å². The van der Waals surface area contributed by atoms with Crippen molar-refractivity contribution in [2.24, 2.45) is 47.3 Å². The third-order valence-electron chi connectivity index (χ3n) is 15.8. The number of rotatable bonds is 5. The lowest BCUT2D eigenvalue weighted by molar-refractivity contribution is -0.595. The summed E-state index contributed by atoms with van der Waals surface area (Å²) in [6, 6.07) is 9.04. The summed E-state index contributed by atoms with van der Waals surface area (Å²) in [6.07, 6.45) is 1.15. The van der Waals surface area contributed by atoms with Gasteiger partial charge in [0.15, 0.2) is 0 Å². The smallest absolute Gasteiger partial charge is 0.331 e. The van der Waals surface area contributed by atoms with E-state index in [-0.39, 0.29) is 48.9 Å². The van der Waals surface area contributed by atoms with Gasteiger partial charge in [-0.2, -0.15) is 0 Å². The van der Waals surface area contributed by atoms with Crippen molar-refractivity contribution in [2.45, 2.75) is 144 Å². The van der Waals surface area contributed by atoms with Gasteiger partial charge in [0.25, 0.3) is 0 Å². The summed E-state index contributed by atoms with van der Waals surface area (Å²) in [4.78, 5) is 26.7. The Morgan fingerprint density at radius 2 is 1.68 bits per heavy atom. The Hall–Kier alpha value is -2.72. The molecule has 9 aliphatic rings. The predicted octanol–water partition coefficient (Wildman–Crippen LogP) is 3.04. The van der Waals surface area contributed by atoms with Crippen LogP contribution < -0.4 is 0 Å². The lowest BCUT2D eigenvalue weighted by atomic mass is 9.49. The largest absolute Gasteiger partial charge is 0.458 e. The van der Waals surface area contributed by atoms with Crippen LogP contribution in [0.5, 0.6) is 0 Å². The number of hydrogen-bond acceptors (Lipinski definition) is 13. The van der Waals surface area contributed by atoms with Crippen molar-refractivity contribution in [1.29, 1.82) is 0 Å². The number of benzene rings is 1. The van der Waals surface area contributed by atoms with Gasteiger partial charge in [-0.25, -0.2) is 4.79 Å². The molecule has 0 aromatic heterocycles. The normalized spacial score (nSPS) is 54.4. The Morgan fingerprint density at radius 3 is 2.39 bits per heavy atom. The van der Waals surface area contributed by atoms with E-state index in [0.29, 0.717) is 18.4 Å². The maximum Gasteiger partial charge on any atom is 0.331 e. The van der Waals surface area contributed by atoms with Crippen molar-refractivity contribution in [3.05, 3.63) is 60.2 Å². The summed E-state index contributed by atoms with van der Waals surface area (Å²) < 4.78 is 39.5. The topological polar surface area (TPSA) is 194 Å². The minimum atomic E-state index is -2.21. The maximum absolute atomic E-state index is 13.7. The minimum Gasteiger partial charge on any atom is -0.458 e. The molecule has 4 aliphatic carbocycles. The zero-order valence-corrected chi connectivity index (χ0v) is 33.5. The molecule has 11 bridgehead atoms. The van der Waals surface area contributed by atoms with Gasteiger partial charge in [-0.05, 0) is 62.4 Å². The number of esters is 2. The van der Waals surface area contributed by atoms with Crippen LogP contribution >= 0.6 is 0 Å². The van der Waals surface area contributed by atoms with Crippen molar-refractivity contribution in [3.63, 3.8) is 0 Å². The van der Waals surface area contributed by atoms with Crippen LogP contribution in [0.2, 0.25) is 0 Å². The molecule has 19 atom stereocenters. The highest BCUT2D eigenvalue weighted by Crippen LogP contribution is 2.75. The van der Waals surface area contributed by atoms with Crippen molar-refractivity contribution in [2.75, 3.05) is 6.61 Å². The number of epoxide rings is 1. The molecule has 8 fully saturated rings. The van der Waals surface area contributed by atoms with Crippen LogP contribution in [0.4, 0.5) is 0 Å². The SMILES string of the molecule is CC(C)CC(=O)O[C@H]1/C=C\C=C/C(=O)O[C@H]2[C@@H](C)C[C@H]3[C@]45O[C@]6(c7ccccc7)O[C@H](C4[C@@H]4O[C@]4(CO)[C@@H](O)[C@]23O)[C@@](O)([C@@H](O6)[C@@H]5C)[C@](C)(O)C[C@H]2CC[C@H]1[C@H]2C. The second-order valence-electron chi connectivity index (χ2n) is 19.3. The molecular weight excluding hydrogens is 736 g/mol. The number of carbonyl (C=O) groups excluding carboxylic acids is 2. The Balaban J connectivity index is 1.22. The fraction of sp³-hybridized carbons (Fsp3) is 0.727. The molecular formula is C44H58O13. The first-order valence-electron chi connectivity index (χ1n) is 20.9. The van der Waals surface area contributed by atoms with E-state index in [1.165, 1.54) is 12.2 Å². The van der Waals surface area contributed by atoms with Crippen LogP contribution in [0.1, 0.15) is 79.2 Å². The van der Waals surface area contributed by atoms with E-state index in [1.807, 2.05) is 45.9 Å². The third kappa shape index (κ3) is 5.26. The molecule has 5 heterocycles. The number of aliphatic hydroxyl groups is 5. The second-order valence-corrected chi connectivity index (χ2v) is 19.3. The van der Waals surface area contributed by atoms with Crippen molar-refractivity contribution >= 4 is 11.9 Å². The predicted molar refractivity (Wildman–Crippen MR) is 200 cm³/mol. The molecule has 4 saturated carbocycles. The van der Waals surface area contributed by atoms with Crippen molar-refractivity contribution in [3.8, 4) is 0 Å². The van der Waals surface area contributed by atoms with Crippen LogP contribution in [0.15, 0.2) is 54.6 Å². The van der Waals surface area contributed by atoms with Gasteiger partial charge < -0.3 is 54.0 Å². The molecule has 5 aliphatic heterocycles. The summed E-state index contributed by atoms with van der Waals surface area (Å²) in [5.41, 5.74) is -8.82. The number of carbonyl (C=O) groups is 2. The quantitative estimate of drug-likeness (QED) is 0.216. The van der Waals surface area contributed by atoms with E-state index in [2.05, 4.69) is 6.92 Å². The first kappa shape index (κ1) is 39.7. The van der Waals surface area contributed by atoms with Crippen LogP contribution in [0.3, 0.4) is 0 Å². The highest BCUT2D eigenvalue weighted by molar-refractivity contribution is 5.82. The van der Waals surface area contributed by atoms with Crippen LogP contribution in [0.25, 0.3) is 0 Å². The molecule has 0 radical (unpaired) electrons. The average molecular weight is 795 g/mol. The summed E-state index contributed by atoms with van der Waals surface area (Å²) in [5.74, 6) is -6.33. The molecule has 1 aromatic carbocycles. The van der Waals surface area contributed by atoms with Gasteiger partial charge in [-0.15, -0.1) is 0 Å². The monoisotopic (exact) mass is 794 g/mol. The first-order valence-corrected chi connectivity index (χ1v) is 20.9. The van der Waals surface area contributed by atoms with Gasteiger partial charge in [0.1, 0.15) is 53.4 Å². The van der Waals surface area contributed by atoms with Gasteiger partial charge in [0.05, 0.1) is 17.8 Å². The van der Waals surface area contributed by atoms with Gasteiger partial charge in [0, 0.05) is 41.7 Å². The van der Waals surface area contributed by atoms with Crippen molar-refractivity contribution < 1.29 is 63.5 Å². The molecule has 10 rings (SSSR count). The highest BCUT2D eigenvalue weighted by atomic mass is 16.9. The summed E-state index contributed by atoms with van der Waals surface area (Å²) in [6.45, 7) is 10.6. The summed E-state index contributed by atoms with van der Waals surface area (Å²) in [7, 11) is 0. The molecule has 57 heavy (non-hydrogen) atoms. The standard InChI is InChI=1S/C44H58O13/c1-22(2)18-32(47)52-29-14-10-11-15-31(46)53-34-23(3)19-30-41(34,50)38(48)40(21-45)36(54-40)33-37-43(51,39(6,49)20-26-16-17-28(29)24(26)4)35-25(5)42(30,33)57-44(55-35,56-37)27-12-8-7-9-13-27/h7-15,22-26,28-30,33-38,45,48-51H,16-21H2,1-6H3/b14-10-,15-11-/t23-,24-,25-,26+,28-,29-,30+,33?,34-,35-,36-,37+,38+,39+,40-,41+,42-,43-,44-/m0/s1. The van der Waals surface area contributed by atoms with E-state index < -0.39 is 107 Å². The molecule has 1 aromatic rings. The van der Waals surface area contributed by atoms with Gasteiger partial charge in [0.2, 0.25) is 0 Å². The van der Waals surface area contributed by atoms with Gasteiger partial charge >= 0.3 is 17.9 Å². The van der Waals surface area contributed by atoms with E-state index in [0.717, 1.165) is 0 Å². The third-order valence-corrected chi connectivity index (χ3v) is 15.8. The molecule has 1 spiro atoms. The zero-order chi connectivity index (χ0) is 40.7. The van der Waals surface area contributed by atoms with E-state index in [4.69, 9.17) is 28.4 Å². The number of allylic oxidation sites excluding steroid dienone is 2. The Labute approximate surface area is 333 Å². The Morgan fingerprint density at radius 1 is 0.965 bits per heavy atom. The fourth-order valence-electron chi connectivity index (χ4n) is 13.0. The van der Waals surface area contributed by atoms with Crippen LogP contribution in [0, 0.1) is 47.3 Å². The fourth-order valence-corrected chi connectivity index (χ4v) is 13.0. The van der Waals surface area contributed by atoms with Crippen molar-refractivity contribution in [1.82, 2.24) is 0 Å². The highest BCUT2D eigenvalue weighted by Gasteiger charge is 2.91. The van der Waals surface area contributed by atoms with Gasteiger partial charge in [-0.3, -0.25) is 4.79 Å². The molecule has 13 heteroatoms. The van der Waals surface area contributed by atoms with E-state index >= 15 is 0 Å². The Kier molecular flexibility index (Phi) is 9.16. The van der Waals surface area contributed by atoms with Gasteiger partial charge in [-0.1, -0.05) is 77.1 Å². The number of aliphatic hydroxyl groups excluding tert-OH is 2. The molecule has 4 saturated heterocycles. The van der Waals surface area contributed by atoms with Crippen LogP contribution in [-0.4, -0.2) is 109 Å². The lowest BCUT2D eigenvalue weighted by Gasteiger charge is -2.74. The summed E-state index contributed by atoms with van der Waals surface area (Å²) >= 11 is 0. The summed E-state index contributed by atoms with van der Waals surface area (Å²) in [5, 5.41) is 63.3. The Bertz CT molecular complexity index is 1830. The molecule has 13 nitrogen and oxygen atoms in total. The number of ether oxygens (including phenoxy) is 6. The molecule has 1 unspecified atom stereocenters. The second kappa shape index (κ2) is 13.1. The number of fused-ring (bicyclic) bond motifs is 3. The first-order chi connectivity index (χ1) is 26.9. The molecule has 0 amide bonds. The minimum absolute atomic E-state index is 0.0620. The lowest BCUT2D eigenvalue weighted by Crippen LogP contribution is -2.89. The van der Waals surface area contributed by atoms with E-state index in [9.17, 15) is 35.1 Å². The number of hydrogen-bond donors (Lipinski definition) is 5. The molecule has 5 N–H and O–H groups in total. The zero-order valence-electron chi connectivity index (χ0n) is 33.5.